The third-order valence-corrected chi connectivity index (χ3v) is 5.31. The number of para-hydroxylation sites is 2. The number of benzene rings is 2. The maximum absolute atomic E-state index is 12.8. The fourth-order valence-corrected chi connectivity index (χ4v) is 3.85. The molecule has 1 aliphatic heterocycles. The maximum atomic E-state index is 12.8. The van der Waals surface area contributed by atoms with Crippen molar-refractivity contribution in [2.24, 2.45) is 0 Å². The number of imide groups is 1. The summed E-state index contributed by atoms with van der Waals surface area (Å²) in [6.07, 6.45) is 1.76. The van der Waals surface area contributed by atoms with Gasteiger partial charge in [-0.1, -0.05) is 24.3 Å². The van der Waals surface area contributed by atoms with Crippen molar-refractivity contribution in [1.29, 1.82) is 0 Å². The zero-order chi connectivity index (χ0) is 19.4. The first kappa shape index (κ1) is 19.0. The number of amides is 2. The van der Waals surface area contributed by atoms with E-state index in [1.54, 1.807) is 30.3 Å². The fourth-order valence-electron chi connectivity index (χ4n) is 3.01. The number of hydrogen-bond acceptors (Lipinski definition) is 5. The molecule has 6 heteroatoms. The molecule has 5 nitrogen and oxygen atoms in total. The molecule has 140 valence electrons. The Morgan fingerprint density at radius 2 is 1.70 bits per heavy atom. The second-order valence-corrected chi connectivity index (χ2v) is 6.95. The summed E-state index contributed by atoms with van der Waals surface area (Å²) in [5.41, 5.74) is 2.48. The Morgan fingerprint density at radius 1 is 1.04 bits per heavy atom. The molecule has 0 atom stereocenters. The maximum Gasteiger partial charge on any atom is 0.298 e. The van der Waals surface area contributed by atoms with Crippen LogP contribution in [-0.4, -0.2) is 31.3 Å². The molecule has 0 spiro atoms. The minimum atomic E-state index is -0.331. The van der Waals surface area contributed by atoms with Gasteiger partial charge in [0.2, 0.25) is 0 Å². The quantitative estimate of drug-likeness (QED) is 0.673. The minimum absolute atomic E-state index is 0.324. The summed E-state index contributed by atoms with van der Waals surface area (Å²) >= 11 is 0.943. The molecule has 0 aromatic heterocycles. The highest BCUT2D eigenvalue weighted by Crippen LogP contribution is 2.39. The van der Waals surface area contributed by atoms with Gasteiger partial charge in [0.1, 0.15) is 5.75 Å². The number of nitrogens with zero attached hydrogens (tertiary/aromatic N) is 2. The SMILES string of the molecule is CCN(CC)c1ccc(/C=C2\SC(=O)N(c3ccccc3OC)C2=O)cc1. The van der Waals surface area contributed by atoms with E-state index in [2.05, 4.69) is 18.7 Å². The van der Waals surface area contributed by atoms with Crippen LogP contribution in [0.2, 0.25) is 0 Å². The van der Waals surface area contributed by atoms with Crippen LogP contribution in [0.3, 0.4) is 0 Å². The molecule has 3 rings (SSSR count). The number of ether oxygens (including phenoxy) is 1. The van der Waals surface area contributed by atoms with E-state index in [1.807, 2.05) is 24.3 Å². The third kappa shape index (κ3) is 3.85. The summed E-state index contributed by atoms with van der Waals surface area (Å²) in [5, 5.41) is -0.324. The molecule has 0 N–H and O–H groups in total. The fraction of sp³-hybridized carbons (Fsp3) is 0.238. The molecular weight excluding hydrogens is 360 g/mol. The van der Waals surface area contributed by atoms with E-state index >= 15 is 0 Å². The van der Waals surface area contributed by atoms with Gasteiger partial charge in [0.25, 0.3) is 11.1 Å². The van der Waals surface area contributed by atoms with Crippen LogP contribution in [0.15, 0.2) is 53.4 Å². The average molecular weight is 382 g/mol. The van der Waals surface area contributed by atoms with Crippen molar-refractivity contribution in [1.82, 2.24) is 0 Å². The first-order valence-corrected chi connectivity index (χ1v) is 9.66. The van der Waals surface area contributed by atoms with Gasteiger partial charge in [-0.2, -0.15) is 0 Å². The molecule has 2 amide bonds. The van der Waals surface area contributed by atoms with E-state index in [0.717, 1.165) is 36.1 Å². The van der Waals surface area contributed by atoms with Crippen LogP contribution in [0.25, 0.3) is 6.08 Å². The number of methoxy groups -OCH3 is 1. The van der Waals surface area contributed by atoms with Gasteiger partial charge in [0.15, 0.2) is 0 Å². The second kappa shape index (κ2) is 8.31. The molecule has 27 heavy (non-hydrogen) atoms. The van der Waals surface area contributed by atoms with Crippen molar-refractivity contribution >= 4 is 40.4 Å². The highest BCUT2D eigenvalue weighted by Gasteiger charge is 2.37. The molecule has 2 aromatic carbocycles. The van der Waals surface area contributed by atoms with Crippen molar-refractivity contribution in [3.05, 3.63) is 59.0 Å². The number of carbonyl (C=O) groups excluding carboxylic acids is 2. The van der Waals surface area contributed by atoms with Crippen LogP contribution in [0.5, 0.6) is 5.75 Å². The number of hydrogen-bond donors (Lipinski definition) is 0. The number of thioether (sulfide) groups is 1. The molecule has 1 heterocycles. The first-order chi connectivity index (χ1) is 13.1. The number of carbonyl (C=O) groups is 2. The summed E-state index contributed by atoms with van der Waals surface area (Å²) in [5.74, 6) is 0.159. The van der Waals surface area contributed by atoms with Crippen molar-refractivity contribution in [2.75, 3.05) is 30.0 Å². The van der Waals surface area contributed by atoms with Gasteiger partial charge < -0.3 is 9.64 Å². The molecule has 1 saturated heterocycles. The Hall–Kier alpha value is -2.73. The Kier molecular flexibility index (Phi) is 5.86. The van der Waals surface area contributed by atoms with Gasteiger partial charge in [0.05, 0.1) is 17.7 Å². The molecule has 0 saturated carbocycles. The molecule has 0 bridgehead atoms. The van der Waals surface area contributed by atoms with Gasteiger partial charge in [-0.3, -0.25) is 9.59 Å². The van der Waals surface area contributed by atoms with Crippen molar-refractivity contribution in [3.8, 4) is 5.75 Å². The number of anilines is 2. The van der Waals surface area contributed by atoms with Gasteiger partial charge in [-0.25, -0.2) is 4.90 Å². The van der Waals surface area contributed by atoms with Crippen LogP contribution in [0, 0.1) is 0 Å². The smallest absolute Gasteiger partial charge is 0.298 e. The summed E-state index contributed by atoms with van der Waals surface area (Å²) < 4.78 is 5.29. The van der Waals surface area contributed by atoms with Crippen LogP contribution in [0.4, 0.5) is 16.2 Å². The monoisotopic (exact) mass is 382 g/mol. The Labute approximate surface area is 163 Å². The Bertz CT molecular complexity index is 873. The molecule has 1 fully saturated rings. The van der Waals surface area contributed by atoms with Crippen molar-refractivity contribution in [3.63, 3.8) is 0 Å². The Balaban J connectivity index is 1.86. The molecule has 0 aliphatic carbocycles. The topological polar surface area (TPSA) is 49.9 Å². The first-order valence-electron chi connectivity index (χ1n) is 8.85. The lowest BCUT2D eigenvalue weighted by Gasteiger charge is -2.20. The van der Waals surface area contributed by atoms with Crippen molar-refractivity contribution < 1.29 is 14.3 Å². The van der Waals surface area contributed by atoms with Gasteiger partial charge in [-0.05, 0) is 61.5 Å². The number of rotatable bonds is 6. The molecule has 0 unspecified atom stereocenters. The largest absolute Gasteiger partial charge is 0.495 e. The van der Waals surface area contributed by atoms with E-state index in [0.29, 0.717) is 16.3 Å². The summed E-state index contributed by atoms with van der Waals surface area (Å²) in [6.45, 7) is 6.11. The molecular formula is C21H22N2O3S. The van der Waals surface area contributed by atoms with Gasteiger partial charge >= 0.3 is 0 Å². The predicted molar refractivity (Wildman–Crippen MR) is 111 cm³/mol. The summed E-state index contributed by atoms with van der Waals surface area (Å²) in [4.78, 5) is 29.1. The molecule has 1 aliphatic rings. The van der Waals surface area contributed by atoms with Crippen LogP contribution >= 0.6 is 11.8 Å². The lowest BCUT2D eigenvalue weighted by molar-refractivity contribution is -0.113. The zero-order valence-corrected chi connectivity index (χ0v) is 16.5. The third-order valence-electron chi connectivity index (χ3n) is 4.44. The highest BCUT2D eigenvalue weighted by molar-refractivity contribution is 8.19. The van der Waals surface area contributed by atoms with E-state index in [4.69, 9.17) is 4.74 Å². The summed E-state index contributed by atoms with van der Waals surface area (Å²) in [7, 11) is 1.52. The van der Waals surface area contributed by atoms with Crippen LogP contribution < -0.4 is 14.5 Å². The van der Waals surface area contributed by atoms with E-state index in [9.17, 15) is 9.59 Å². The lowest BCUT2D eigenvalue weighted by Crippen LogP contribution is -2.28. The molecule has 2 aromatic rings. The van der Waals surface area contributed by atoms with Gasteiger partial charge in [-0.15, -0.1) is 0 Å². The van der Waals surface area contributed by atoms with Crippen LogP contribution in [-0.2, 0) is 4.79 Å². The predicted octanol–water partition coefficient (Wildman–Crippen LogP) is 4.78. The standard InChI is InChI=1S/C21H22N2O3S/c1-4-22(5-2)16-12-10-15(11-13-16)14-19-20(24)23(21(25)27-19)17-8-6-7-9-18(17)26-3/h6-14H,4-5H2,1-3H3/b19-14-. The highest BCUT2D eigenvalue weighted by atomic mass is 32.2. The molecule has 0 radical (unpaired) electrons. The average Bonchev–Trinajstić information content (AvgIpc) is 2.97. The summed E-state index contributed by atoms with van der Waals surface area (Å²) in [6, 6.07) is 15.0. The Morgan fingerprint density at radius 3 is 2.33 bits per heavy atom. The minimum Gasteiger partial charge on any atom is -0.495 e. The van der Waals surface area contributed by atoms with E-state index in [-0.39, 0.29) is 11.1 Å². The lowest BCUT2D eigenvalue weighted by atomic mass is 10.1. The van der Waals surface area contributed by atoms with Crippen LogP contribution in [0.1, 0.15) is 19.4 Å². The second-order valence-electron chi connectivity index (χ2n) is 5.95. The van der Waals surface area contributed by atoms with E-state index in [1.165, 1.54) is 12.0 Å². The van der Waals surface area contributed by atoms with Gasteiger partial charge in [0, 0.05) is 18.8 Å². The van der Waals surface area contributed by atoms with E-state index < -0.39 is 0 Å². The normalized spacial score (nSPS) is 15.5. The van der Waals surface area contributed by atoms with Crippen molar-refractivity contribution in [2.45, 2.75) is 13.8 Å². The zero-order valence-electron chi connectivity index (χ0n) is 15.6.